The third kappa shape index (κ3) is 2.90. The van der Waals surface area contributed by atoms with Gasteiger partial charge in [0.2, 0.25) is 5.89 Å². The summed E-state index contributed by atoms with van der Waals surface area (Å²) >= 11 is 0. The normalized spacial score (nSPS) is 11.1. The van der Waals surface area contributed by atoms with Gasteiger partial charge in [0, 0.05) is 12.1 Å². The van der Waals surface area contributed by atoms with Gasteiger partial charge in [-0.05, 0) is 0 Å². The van der Waals surface area contributed by atoms with Crippen molar-refractivity contribution in [3.63, 3.8) is 0 Å². The summed E-state index contributed by atoms with van der Waals surface area (Å²) in [6, 6.07) is 0. The SMILES string of the molecule is CC(C)c1noc(Cn2cc(CC(=O)O)nn2)n1. The Morgan fingerprint density at radius 1 is 1.56 bits per heavy atom. The monoisotopic (exact) mass is 251 g/mol. The van der Waals surface area contributed by atoms with Gasteiger partial charge in [0.1, 0.15) is 6.54 Å². The molecule has 0 aliphatic carbocycles. The average molecular weight is 251 g/mol. The Labute approximate surface area is 103 Å². The second-order valence-corrected chi connectivity index (χ2v) is 4.18. The van der Waals surface area contributed by atoms with Crippen molar-refractivity contribution in [3.8, 4) is 0 Å². The van der Waals surface area contributed by atoms with Gasteiger partial charge in [0.05, 0.1) is 12.1 Å². The van der Waals surface area contributed by atoms with E-state index in [1.54, 1.807) is 6.20 Å². The van der Waals surface area contributed by atoms with Gasteiger partial charge in [-0.3, -0.25) is 4.79 Å². The first kappa shape index (κ1) is 12.2. The van der Waals surface area contributed by atoms with Crippen LogP contribution in [0.4, 0.5) is 0 Å². The van der Waals surface area contributed by atoms with Gasteiger partial charge in [-0.1, -0.05) is 24.2 Å². The van der Waals surface area contributed by atoms with E-state index in [0.717, 1.165) is 0 Å². The highest BCUT2D eigenvalue weighted by Gasteiger charge is 2.11. The number of rotatable bonds is 5. The van der Waals surface area contributed by atoms with Gasteiger partial charge in [0.25, 0.3) is 0 Å². The summed E-state index contributed by atoms with van der Waals surface area (Å²) in [5.74, 6) is 0.309. The largest absolute Gasteiger partial charge is 0.481 e. The Kier molecular flexibility index (Phi) is 3.35. The second-order valence-electron chi connectivity index (χ2n) is 4.18. The minimum Gasteiger partial charge on any atom is -0.481 e. The molecule has 2 rings (SSSR count). The van der Waals surface area contributed by atoms with Gasteiger partial charge in [-0.25, -0.2) is 4.68 Å². The molecule has 8 heteroatoms. The van der Waals surface area contributed by atoms with Gasteiger partial charge < -0.3 is 9.63 Å². The number of aliphatic carboxylic acids is 1. The highest BCUT2D eigenvalue weighted by atomic mass is 16.5. The minimum atomic E-state index is -0.943. The molecule has 18 heavy (non-hydrogen) atoms. The maximum Gasteiger partial charge on any atom is 0.309 e. The summed E-state index contributed by atoms with van der Waals surface area (Å²) in [6.07, 6.45) is 1.40. The number of nitrogens with zero attached hydrogens (tertiary/aromatic N) is 5. The van der Waals surface area contributed by atoms with Gasteiger partial charge in [-0.15, -0.1) is 5.10 Å². The van der Waals surface area contributed by atoms with Crippen LogP contribution in [0.1, 0.15) is 37.2 Å². The first-order chi connectivity index (χ1) is 8.54. The number of carboxylic acids is 1. The van der Waals surface area contributed by atoms with Crippen molar-refractivity contribution in [3.05, 3.63) is 23.6 Å². The summed E-state index contributed by atoms with van der Waals surface area (Å²) in [4.78, 5) is 14.7. The number of aromatic nitrogens is 5. The maximum atomic E-state index is 10.5. The molecule has 8 nitrogen and oxygen atoms in total. The molecule has 2 aromatic heterocycles. The van der Waals surface area contributed by atoms with Gasteiger partial charge >= 0.3 is 5.97 Å². The van der Waals surface area contributed by atoms with Crippen LogP contribution in [0.5, 0.6) is 0 Å². The average Bonchev–Trinajstić information content (AvgIpc) is 2.88. The van der Waals surface area contributed by atoms with E-state index in [1.165, 1.54) is 4.68 Å². The van der Waals surface area contributed by atoms with E-state index in [-0.39, 0.29) is 18.9 Å². The molecule has 96 valence electrons. The Balaban J connectivity index is 2.04. The molecule has 1 N–H and O–H groups in total. The summed E-state index contributed by atoms with van der Waals surface area (Å²) in [5, 5.41) is 20.0. The predicted molar refractivity (Wildman–Crippen MR) is 58.9 cm³/mol. The Morgan fingerprint density at radius 3 is 2.94 bits per heavy atom. The quantitative estimate of drug-likeness (QED) is 0.822. The van der Waals surface area contributed by atoms with Crippen LogP contribution in [0.3, 0.4) is 0 Å². The molecule has 0 spiro atoms. The molecular formula is C10H13N5O3. The highest BCUT2D eigenvalue weighted by Crippen LogP contribution is 2.10. The second kappa shape index (κ2) is 4.94. The van der Waals surface area contributed by atoms with Crippen LogP contribution in [-0.2, 0) is 17.8 Å². The smallest absolute Gasteiger partial charge is 0.309 e. The molecule has 0 saturated heterocycles. The number of carboxylic acid groups (broad SMARTS) is 1. The summed E-state index contributed by atoms with van der Waals surface area (Å²) in [7, 11) is 0. The molecule has 0 aliphatic heterocycles. The lowest BCUT2D eigenvalue weighted by Gasteiger charge is -1.93. The molecule has 2 heterocycles. The van der Waals surface area contributed by atoms with Gasteiger partial charge in [0.15, 0.2) is 5.82 Å². The number of hydrogen-bond donors (Lipinski definition) is 1. The lowest BCUT2D eigenvalue weighted by Crippen LogP contribution is -2.01. The van der Waals surface area contributed by atoms with E-state index >= 15 is 0 Å². The zero-order valence-corrected chi connectivity index (χ0v) is 10.1. The number of hydrogen-bond acceptors (Lipinski definition) is 6. The standard InChI is InChI=1S/C10H13N5O3/c1-6(2)10-11-8(18-13-10)5-15-4-7(12-14-15)3-9(16)17/h4,6H,3,5H2,1-2H3,(H,16,17). The summed E-state index contributed by atoms with van der Waals surface area (Å²) in [5.41, 5.74) is 0.395. The molecule has 0 saturated carbocycles. The molecule has 0 aliphatic rings. The van der Waals surface area contributed by atoms with E-state index in [2.05, 4.69) is 20.5 Å². The van der Waals surface area contributed by atoms with E-state index < -0.39 is 5.97 Å². The van der Waals surface area contributed by atoms with E-state index in [0.29, 0.717) is 17.4 Å². The summed E-state index contributed by atoms with van der Waals surface area (Å²) < 4.78 is 6.52. The highest BCUT2D eigenvalue weighted by molar-refractivity contribution is 5.69. The first-order valence-electron chi connectivity index (χ1n) is 5.48. The Morgan fingerprint density at radius 2 is 2.33 bits per heavy atom. The summed E-state index contributed by atoms with van der Waals surface area (Å²) in [6.45, 7) is 4.22. The fraction of sp³-hybridized carbons (Fsp3) is 0.500. The van der Waals surface area contributed by atoms with E-state index in [9.17, 15) is 4.79 Å². The molecule has 0 amide bonds. The third-order valence-corrected chi connectivity index (χ3v) is 2.22. The lowest BCUT2D eigenvalue weighted by molar-refractivity contribution is -0.136. The topological polar surface area (TPSA) is 107 Å². The van der Waals surface area contributed by atoms with Crippen molar-refractivity contribution in [1.29, 1.82) is 0 Å². The van der Waals surface area contributed by atoms with E-state index in [4.69, 9.17) is 9.63 Å². The maximum absolute atomic E-state index is 10.5. The lowest BCUT2D eigenvalue weighted by atomic mass is 10.2. The zero-order valence-electron chi connectivity index (χ0n) is 10.1. The third-order valence-electron chi connectivity index (χ3n) is 2.22. The predicted octanol–water partition coefficient (Wildman–Crippen LogP) is 0.460. The molecule has 0 atom stereocenters. The fourth-order valence-corrected chi connectivity index (χ4v) is 1.36. The molecule has 0 aromatic carbocycles. The Bertz CT molecular complexity index is 545. The van der Waals surface area contributed by atoms with Crippen LogP contribution in [0, 0.1) is 0 Å². The van der Waals surface area contributed by atoms with Crippen LogP contribution >= 0.6 is 0 Å². The van der Waals surface area contributed by atoms with Crippen molar-refractivity contribution in [2.24, 2.45) is 0 Å². The molecule has 0 bridgehead atoms. The first-order valence-corrected chi connectivity index (χ1v) is 5.48. The van der Waals surface area contributed by atoms with Crippen LogP contribution in [-0.4, -0.2) is 36.2 Å². The van der Waals surface area contributed by atoms with Crippen LogP contribution in [0.15, 0.2) is 10.7 Å². The van der Waals surface area contributed by atoms with Crippen LogP contribution < -0.4 is 0 Å². The molecule has 0 radical (unpaired) electrons. The molecule has 2 aromatic rings. The fourth-order valence-electron chi connectivity index (χ4n) is 1.36. The van der Waals surface area contributed by atoms with Crippen LogP contribution in [0.2, 0.25) is 0 Å². The van der Waals surface area contributed by atoms with Crippen molar-refractivity contribution < 1.29 is 14.4 Å². The Hall–Kier alpha value is -2.25. The van der Waals surface area contributed by atoms with Crippen LogP contribution in [0.25, 0.3) is 0 Å². The molecule has 0 unspecified atom stereocenters. The van der Waals surface area contributed by atoms with E-state index in [1.807, 2.05) is 13.8 Å². The van der Waals surface area contributed by atoms with Gasteiger partial charge in [-0.2, -0.15) is 4.98 Å². The minimum absolute atomic E-state index is 0.152. The van der Waals surface area contributed by atoms with Crippen molar-refractivity contribution in [2.75, 3.05) is 0 Å². The zero-order chi connectivity index (χ0) is 13.1. The van der Waals surface area contributed by atoms with Crippen molar-refractivity contribution >= 4 is 5.97 Å². The van der Waals surface area contributed by atoms with Crippen molar-refractivity contribution in [2.45, 2.75) is 32.7 Å². The molecule has 0 fully saturated rings. The van der Waals surface area contributed by atoms with Crippen molar-refractivity contribution in [1.82, 2.24) is 25.1 Å². The molecular weight excluding hydrogens is 238 g/mol. The number of carbonyl (C=O) groups is 1.